The van der Waals surface area contributed by atoms with Gasteiger partial charge in [-0.2, -0.15) is 0 Å². The van der Waals surface area contributed by atoms with Crippen molar-refractivity contribution >= 4 is 34.8 Å². The van der Waals surface area contributed by atoms with E-state index in [2.05, 4.69) is 10.3 Å². The number of nitrogens with zero attached hydrogens (tertiary/aromatic N) is 1. The summed E-state index contributed by atoms with van der Waals surface area (Å²) < 4.78 is 1.15. The average molecular weight is 250 g/mol. The van der Waals surface area contributed by atoms with Gasteiger partial charge in [0.1, 0.15) is 5.82 Å². The number of nitrogens with one attached hydrogen (secondary N) is 1. The molecule has 3 nitrogen and oxygen atoms in total. The lowest BCUT2D eigenvalue weighted by Gasteiger charge is -2.02. The summed E-state index contributed by atoms with van der Waals surface area (Å²) in [6, 6.07) is 9.41. The molecule has 0 unspecified atom stereocenters. The third-order valence-corrected chi connectivity index (χ3v) is 3.90. The molecule has 0 atom stereocenters. The monoisotopic (exact) mass is 250 g/mol. The van der Waals surface area contributed by atoms with Crippen LogP contribution in [0.5, 0.6) is 0 Å². The number of thiophene rings is 1. The van der Waals surface area contributed by atoms with Gasteiger partial charge in [-0.25, -0.2) is 4.98 Å². The van der Waals surface area contributed by atoms with Crippen LogP contribution >= 0.6 is 23.1 Å². The quantitative estimate of drug-likeness (QED) is 0.848. The number of amides is 1. The zero-order valence-corrected chi connectivity index (χ0v) is 10.1. The number of hydrogen-bond donors (Lipinski definition) is 1. The molecule has 1 amide bonds. The molecule has 0 bridgehead atoms. The van der Waals surface area contributed by atoms with E-state index in [1.807, 2.05) is 29.6 Å². The summed E-state index contributed by atoms with van der Waals surface area (Å²) in [5.74, 6) is 0.980. The van der Waals surface area contributed by atoms with E-state index in [-0.39, 0.29) is 5.91 Å². The molecular formula is C11H10N2OS2. The maximum atomic E-state index is 11.5. The standard InChI is InChI=1S/C11H10N2OS2/c14-10(8-16-11-5-3-7-15-11)13-9-4-1-2-6-12-9/h1-7H,8H2,(H,12,13,14). The molecule has 2 aromatic heterocycles. The van der Waals surface area contributed by atoms with Crippen molar-refractivity contribution < 1.29 is 4.79 Å². The molecule has 2 aromatic rings. The smallest absolute Gasteiger partial charge is 0.235 e. The van der Waals surface area contributed by atoms with Gasteiger partial charge in [0.25, 0.3) is 0 Å². The lowest BCUT2D eigenvalue weighted by Crippen LogP contribution is -2.14. The van der Waals surface area contributed by atoms with Gasteiger partial charge in [-0.3, -0.25) is 4.79 Å². The average Bonchev–Trinajstić information content (AvgIpc) is 2.81. The highest BCUT2D eigenvalue weighted by molar-refractivity contribution is 8.01. The summed E-state index contributed by atoms with van der Waals surface area (Å²) in [6.45, 7) is 0. The van der Waals surface area contributed by atoms with Crippen LogP contribution in [0, 0.1) is 0 Å². The number of carbonyl (C=O) groups excluding carboxylic acids is 1. The number of anilines is 1. The van der Waals surface area contributed by atoms with E-state index in [0.29, 0.717) is 11.6 Å². The molecule has 0 saturated heterocycles. The van der Waals surface area contributed by atoms with Crippen molar-refractivity contribution in [2.24, 2.45) is 0 Å². The lowest BCUT2D eigenvalue weighted by atomic mass is 10.4. The van der Waals surface area contributed by atoms with Crippen molar-refractivity contribution in [3.05, 3.63) is 41.9 Å². The molecule has 0 aromatic carbocycles. The van der Waals surface area contributed by atoms with Gasteiger partial charge >= 0.3 is 0 Å². The van der Waals surface area contributed by atoms with Crippen molar-refractivity contribution in [3.63, 3.8) is 0 Å². The van der Waals surface area contributed by atoms with Crippen LogP contribution in [0.2, 0.25) is 0 Å². The molecule has 0 spiro atoms. The first-order valence-corrected chi connectivity index (χ1v) is 6.58. The Hall–Kier alpha value is -1.33. The summed E-state index contributed by atoms with van der Waals surface area (Å²) in [5, 5.41) is 4.74. The van der Waals surface area contributed by atoms with Gasteiger partial charge in [0.15, 0.2) is 0 Å². The summed E-state index contributed by atoms with van der Waals surface area (Å²) in [7, 11) is 0. The first-order valence-electron chi connectivity index (χ1n) is 4.72. The molecule has 0 aliphatic heterocycles. The number of carbonyl (C=O) groups is 1. The first kappa shape index (κ1) is 11.2. The Morgan fingerprint density at radius 3 is 3.00 bits per heavy atom. The zero-order valence-electron chi connectivity index (χ0n) is 8.42. The molecule has 0 saturated carbocycles. The first-order chi connectivity index (χ1) is 7.84. The van der Waals surface area contributed by atoms with E-state index in [4.69, 9.17) is 0 Å². The second kappa shape index (κ2) is 5.67. The van der Waals surface area contributed by atoms with Crippen molar-refractivity contribution in [3.8, 4) is 0 Å². The maximum absolute atomic E-state index is 11.5. The Kier molecular flexibility index (Phi) is 3.96. The Bertz CT molecular complexity index is 442. The minimum Gasteiger partial charge on any atom is -0.310 e. The molecule has 5 heteroatoms. The second-order valence-electron chi connectivity index (χ2n) is 2.98. The predicted octanol–water partition coefficient (Wildman–Crippen LogP) is 2.87. The molecule has 2 rings (SSSR count). The van der Waals surface area contributed by atoms with Crippen LogP contribution in [0.1, 0.15) is 0 Å². The summed E-state index contributed by atoms with van der Waals surface area (Å²) >= 11 is 3.17. The van der Waals surface area contributed by atoms with Crippen molar-refractivity contribution in [2.75, 3.05) is 11.1 Å². The Balaban J connectivity index is 1.81. The fourth-order valence-electron chi connectivity index (χ4n) is 1.10. The number of hydrogen-bond acceptors (Lipinski definition) is 4. The Morgan fingerprint density at radius 2 is 2.31 bits per heavy atom. The second-order valence-corrected chi connectivity index (χ2v) is 5.21. The molecule has 2 heterocycles. The highest BCUT2D eigenvalue weighted by Gasteiger charge is 2.04. The molecule has 1 N–H and O–H groups in total. The maximum Gasteiger partial charge on any atom is 0.235 e. The van der Waals surface area contributed by atoms with Gasteiger partial charge in [0, 0.05) is 6.20 Å². The van der Waals surface area contributed by atoms with E-state index in [0.717, 1.165) is 4.21 Å². The molecular weight excluding hydrogens is 240 g/mol. The Labute approximate surface area is 102 Å². The SMILES string of the molecule is O=C(CSc1cccs1)Nc1ccccn1. The number of aromatic nitrogens is 1. The fourth-order valence-corrected chi connectivity index (χ4v) is 2.68. The van der Waals surface area contributed by atoms with Gasteiger partial charge in [-0.15, -0.1) is 23.1 Å². The third-order valence-electron chi connectivity index (χ3n) is 1.77. The van der Waals surface area contributed by atoms with Crippen LogP contribution in [0.4, 0.5) is 5.82 Å². The van der Waals surface area contributed by atoms with E-state index < -0.39 is 0 Å². The van der Waals surface area contributed by atoms with E-state index in [1.54, 1.807) is 23.6 Å². The fraction of sp³-hybridized carbons (Fsp3) is 0.0909. The zero-order chi connectivity index (χ0) is 11.2. The highest BCUT2D eigenvalue weighted by atomic mass is 32.2. The summed E-state index contributed by atoms with van der Waals surface area (Å²) in [5.41, 5.74) is 0. The molecule has 16 heavy (non-hydrogen) atoms. The number of rotatable bonds is 4. The topological polar surface area (TPSA) is 42.0 Å². The van der Waals surface area contributed by atoms with Gasteiger partial charge < -0.3 is 5.32 Å². The van der Waals surface area contributed by atoms with Crippen LogP contribution in [0.25, 0.3) is 0 Å². The summed E-state index contributed by atoms with van der Waals surface area (Å²) in [4.78, 5) is 15.6. The number of pyridine rings is 1. The van der Waals surface area contributed by atoms with Crippen LogP contribution in [0.3, 0.4) is 0 Å². The van der Waals surface area contributed by atoms with Gasteiger partial charge in [-0.1, -0.05) is 12.1 Å². The largest absolute Gasteiger partial charge is 0.310 e. The van der Waals surface area contributed by atoms with E-state index in [9.17, 15) is 4.79 Å². The molecule has 0 aliphatic carbocycles. The van der Waals surface area contributed by atoms with E-state index in [1.165, 1.54) is 11.8 Å². The van der Waals surface area contributed by atoms with Gasteiger partial charge in [0.05, 0.1) is 9.96 Å². The van der Waals surface area contributed by atoms with Crippen LogP contribution in [-0.2, 0) is 4.79 Å². The highest BCUT2D eigenvalue weighted by Crippen LogP contribution is 2.23. The van der Waals surface area contributed by atoms with Crippen LogP contribution < -0.4 is 5.32 Å². The van der Waals surface area contributed by atoms with Gasteiger partial charge in [0.2, 0.25) is 5.91 Å². The molecule has 0 aliphatic rings. The number of thioether (sulfide) groups is 1. The minimum atomic E-state index is -0.0305. The minimum absolute atomic E-state index is 0.0305. The normalized spacial score (nSPS) is 10.0. The third kappa shape index (κ3) is 3.36. The van der Waals surface area contributed by atoms with Crippen molar-refractivity contribution in [1.29, 1.82) is 0 Å². The molecule has 0 fully saturated rings. The van der Waals surface area contributed by atoms with Crippen molar-refractivity contribution in [2.45, 2.75) is 4.21 Å². The summed E-state index contributed by atoms with van der Waals surface area (Å²) in [6.07, 6.45) is 1.65. The molecule has 0 radical (unpaired) electrons. The van der Waals surface area contributed by atoms with Crippen molar-refractivity contribution in [1.82, 2.24) is 4.98 Å². The Morgan fingerprint density at radius 1 is 1.38 bits per heavy atom. The predicted molar refractivity (Wildman–Crippen MR) is 67.9 cm³/mol. The lowest BCUT2D eigenvalue weighted by molar-refractivity contribution is -0.113. The van der Waals surface area contributed by atoms with Crippen LogP contribution in [0.15, 0.2) is 46.1 Å². The van der Waals surface area contributed by atoms with Crippen LogP contribution in [-0.4, -0.2) is 16.6 Å². The molecule has 82 valence electrons. The van der Waals surface area contributed by atoms with Gasteiger partial charge in [-0.05, 0) is 23.6 Å². The van der Waals surface area contributed by atoms with E-state index >= 15 is 0 Å².